The van der Waals surface area contributed by atoms with Gasteiger partial charge in [-0.1, -0.05) is 12.8 Å². The number of hydrogen-bond acceptors (Lipinski definition) is 3. The number of carbonyl (C=O) groups is 3. The van der Waals surface area contributed by atoms with E-state index in [9.17, 15) is 14.4 Å². The molecule has 2 saturated carbocycles. The van der Waals surface area contributed by atoms with Crippen molar-refractivity contribution in [1.82, 2.24) is 15.1 Å². The lowest BCUT2D eigenvalue weighted by Gasteiger charge is -2.32. The summed E-state index contributed by atoms with van der Waals surface area (Å²) in [6, 6.07) is 0.324. The highest BCUT2D eigenvalue weighted by molar-refractivity contribution is 5.92. The molecule has 1 N–H and O–H groups in total. The number of rotatable bonds is 4. The van der Waals surface area contributed by atoms with Gasteiger partial charge < -0.3 is 15.1 Å². The summed E-state index contributed by atoms with van der Waals surface area (Å²) in [6.45, 7) is 2.37. The van der Waals surface area contributed by atoms with Crippen LogP contribution in [-0.4, -0.2) is 60.2 Å². The molecule has 0 aromatic rings. The average molecular weight is 293 g/mol. The second kappa shape index (κ2) is 6.03. The zero-order valence-electron chi connectivity index (χ0n) is 12.3. The lowest BCUT2D eigenvalue weighted by molar-refractivity contribution is -0.137. The fourth-order valence-corrected chi connectivity index (χ4v) is 3.42. The summed E-state index contributed by atoms with van der Waals surface area (Å²) < 4.78 is 0. The maximum absolute atomic E-state index is 12.3. The van der Waals surface area contributed by atoms with E-state index < -0.39 is 0 Å². The number of nitrogens with zero attached hydrogens (tertiary/aromatic N) is 2. The molecule has 0 spiro atoms. The van der Waals surface area contributed by atoms with Crippen LogP contribution in [-0.2, 0) is 14.4 Å². The lowest BCUT2D eigenvalue weighted by atomic mass is 10.2. The zero-order valence-corrected chi connectivity index (χ0v) is 12.3. The molecular formula is C15H23N3O3. The van der Waals surface area contributed by atoms with Crippen molar-refractivity contribution in [3.63, 3.8) is 0 Å². The minimum atomic E-state index is -0.130. The van der Waals surface area contributed by atoms with Gasteiger partial charge in [0.1, 0.15) is 0 Å². The standard InChI is InChI=1S/C15H23N3O3/c19-10-17-5-7-18(8-6-17)15(21)13-9-12(13)14(20)16-11-3-1-2-4-11/h10-13H,1-9H2,(H,16,20). The van der Waals surface area contributed by atoms with Crippen LogP contribution >= 0.6 is 0 Å². The molecule has 1 heterocycles. The van der Waals surface area contributed by atoms with E-state index in [2.05, 4.69) is 5.32 Å². The molecule has 1 aliphatic heterocycles. The Bertz CT molecular complexity index is 426. The Morgan fingerprint density at radius 1 is 1.00 bits per heavy atom. The quantitative estimate of drug-likeness (QED) is 0.741. The van der Waals surface area contributed by atoms with Crippen molar-refractivity contribution in [2.75, 3.05) is 26.2 Å². The highest BCUT2D eigenvalue weighted by Gasteiger charge is 2.50. The van der Waals surface area contributed by atoms with Crippen LogP contribution in [0.1, 0.15) is 32.1 Å². The molecule has 1 saturated heterocycles. The molecule has 0 aromatic carbocycles. The van der Waals surface area contributed by atoms with Crippen molar-refractivity contribution in [1.29, 1.82) is 0 Å². The number of nitrogens with one attached hydrogen (secondary N) is 1. The molecule has 0 radical (unpaired) electrons. The van der Waals surface area contributed by atoms with Crippen molar-refractivity contribution >= 4 is 18.2 Å². The number of hydrogen-bond donors (Lipinski definition) is 1. The predicted molar refractivity (Wildman–Crippen MR) is 76.2 cm³/mol. The fraction of sp³-hybridized carbons (Fsp3) is 0.800. The Labute approximate surface area is 124 Å². The van der Waals surface area contributed by atoms with Gasteiger partial charge in [-0.05, 0) is 19.3 Å². The maximum atomic E-state index is 12.3. The molecule has 116 valence electrons. The van der Waals surface area contributed by atoms with Gasteiger partial charge in [-0.2, -0.15) is 0 Å². The van der Waals surface area contributed by atoms with E-state index in [4.69, 9.17) is 0 Å². The van der Waals surface area contributed by atoms with Gasteiger partial charge in [0.2, 0.25) is 18.2 Å². The summed E-state index contributed by atoms with van der Waals surface area (Å²) in [5, 5.41) is 3.08. The van der Waals surface area contributed by atoms with Gasteiger partial charge in [0.05, 0.1) is 11.8 Å². The van der Waals surface area contributed by atoms with Crippen molar-refractivity contribution in [2.45, 2.75) is 38.1 Å². The molecule has 3 amide bonds. The van der Waals surface area contributed by atoms with Crippen LogP contribution < -0.4 is 5.32 Å². The van der Waals surface area contributed by atoms with E-state index >= 15 is 0 Å². The first-order chi connectivity index (χ1) is 10.2. The second-order valence-electron chi connectivity index (χ2n) is 6.41. The van der Waals surface area contributed by atoms with Crippen molar-refractivity contribution in [3.05, 3.63) is 0 Å². The summed E-state index contributed by atoms with van der Waals surface area (Å²) in [5.74, 6) is -0.102. The van der Waals surface area contributed by atoms with Crippen LogP contribution in [0.4, 0.5) is 0 Å². The number of piperazine rings is 1. The Morgan fingerprint density at radius 2 is 1.67 bits per heavy atom. The van der Waals surface area contributed by atoms with E-state index in [1.165, 1.54) is 12.8 Å². The largest absolute Gasteiger partial charge is 0.353 e. The van der Waals surface area contributed by atoms with E-state index in [1.807, 2.05) is 0 Å². The van der Waals surface area contributed by atoms with Gasteiger partial charge in [0.15, 0.2) is 0 Å². The van der Waals surface area contributed by atoms with E-state index in [-0.39, 0.29) is 23.7 Å². The Morgan fingerprint density at radius 3 is 2.29 bits per heavy atom. The molecule has 6 nitrogen and oxygen atoms in total. The summed E-state index contributed by atoms with van der Waals surface area (Å²) in [7, 11) is 0. The minimum absolute atomic E-state index is 0.0618. The first-order valence-corrected chi connectivity index (χ1v) is 7.97. The maximum Gasteiger partial charge on any atom is 0.226 e. The van der Waals surface area contributed by atoms with E-state index in [0.717, 1.165) is 19.3 Å². The summed E-state index contributed by atoms with van der Waals surface area (Å²) in [4.78, 5) is 38.6. The molecule has 3 fully saturated rings. The number of carbonyl (C=O) groups excluding carboxylic acids is 3. The summed E-state index contributed by atoms with van der Waals surface area (Å²) >= 11 is 0. The summed E-state index contributed by atoms with van der Waals surface area (Å²) in [6.07, 6.45) is 6.05. The van der Waals surface area contributed by atoms with Crippen LogP contribution in [0.15, 0.2) is 0 Å². The Hall–Kier alpha value is -1.59. The van der Waals surface area contributed by atoms with Crippen LogP contribution in [0.25, 0.3) is 0 Å². The van der Waals surface area contributed by atoms with Gasteiger partial charge in [-0.3, -0.25) is 14.4 Å². The molecule has 2 aliphatic carbocycles. The van der Waals surface area contributed by atoms with Crippen LogP contribution in [0.3, 0.4) is 0 Å². The topological polar surface area (TPSA) is 69.7 Å². The highest BCUT2D eigenvalue weighted by Crippen LogP contribution is 2.40. The average Bonchev–Trinajstić information content (AvgIpc) is 3.17. The molecule has 0 aromatic heterocycles. The van der Waals surface area contributed by atoms with Crippen molar-refractivity contribution in [3.8, 4) is 0 Å². The van der Waals surface area contributed by atoms with Gasteiger partial charge >= 0.3 is 0 Å². The van der Waals surface area contributed by atoms with Crippen molar-refractivity contribution < 1.29 is 14.4 Å². The van der Waals surface area contributed by atoms with Gasteiger partial charge in [-0.25, -0.2) is 0 Å². The third-order valence-electron chi connectivity index (χ3n) is 4.92. The Balaban J connectivity index is 1.45. The molecule has 0 bridgehead atoms. The third kappa shape index (κ3) is 3.19. The van der Waals surface area contributed by atoms with Gasteiger partial charge in [0, 0.05) is 32.2 Å². The molecule has 3 aliphatic rings. The molecule has 2 atom stereocenters. The molecule has 3 rings (SSSR count). The van der Waals surface area contributed by atoms with Crippen LogP contribution in [0.2, 0.25) is 0 Å². The highest BCUT2D eigenvalue weighted by atomic mass is 16.2. The summed E-state index contributed by atoms with van der Waals surface area (Å²) in [5.41, 5.74) is 0. The SMILES string of the molecule is O=CN1CCN(C(=O)C2CC2C(=O)NC2CCCC2)CC1. The second-order valence-corrected chi connectivity index (χ2v) is 6.41. The fourth-order valence-electron chi connectivity index (χ4n) is 3.42. The first-order valence-electron chi connectivity index (χ1n) is 7.97. The molecular weight excluding hydrogens is 270 g/mol. The first kappa shape index (κ1) is 14.4. The predicted octanol–water partition coefficient (Wildman–Crippen LogP) is -0.0181. The monoisotopic (exact) mass is 293 g/mol. The van der Waals surface area contributed by atoms with Gasteiger partial charge in [-0.15, -0.1) is 0 Å². The minimum Gasteiger partial charge on any atom is -0.353 e. The van der Waals surface area contributed by atoms with Crippen LogP contribution in [0, 0.1) is 11.8 Å². The van der Waals surface area contributed by atoms with Gasteiger partial charge in [0.25, 0.3) is 0 Å². The third-order valence-corrected chi connectivity index (χ3v) is 4.92. The lowest BCUT2D eigenvalue weighted by Crippen LogP contribution is -2.49. The molecule has 2 unspecified atom stereocenters. The zero-order chi connectivity index (χ0) is 14.8. The normalized spacial score (nSPS) is 29.3. The molecule has 6 heteroatoms. The number of amides is 3. The smallest absolute Gasteiger partial charge is 0.226 e. The Kier molecular flexibility index (Phi) is 4.12. The van der Waals surface area contributed by atoms with Crippen molar-refractivity contribution in [2.24, 2.45) is 11.8 Å². The van der Waals surface area contributed by atoms with Crippen LogP contribution in [0.5, 0.6) is 0 Å². The van der Waals surface area contributed by atoms with E-state index in [0.29, 0.717) is 38.6 Å². The molecule has 21 heavy (non-hydrogen) atoms. The van der Waals surface area contributed by atoms with E-state index in [1.54, 1.807) is 9.80 Å².